The molecule has 0 fully saturated rings. The second kappa shape index (κ2) is 6.14. The van der Waals surface area contributed by atoms with Gasteiger partial charge < -0.3 is 4.57 Å². The van der Waals surface area contributed by atoms with Crippen molar-refractivity contribution in [3.63, 3.8) is 0 Å². The van der Waals surface area contributed by atoms with Crippen molar-refractivity contribution >= 4 is 11.5 Å². The predicted octanol–water partition coefficient (Wildman–Crippen LogP) is 3.43. The fourth-order valence-corrected chi connectivity index (χ4v) is 2.05. The number of nitrogens with zero attached hydrogens (tertiary/aromatic N) is 2. The first-order chi connectivity index (χ1) is 9.60. The second-order valence-corrected chi connectivity index (χ2v) is 4.67. The minimum atomic E-state index is -0.407. The zero-order valence-electron chi connectivity index (χ0n) is 11.3. The number of rotatable bonds is 6. The lowest BCUT2D eigenvalue weighted by molar-refractivity contribution is -0.384. The molecule has 1 heterocycles. The Balaban J connectivity index is 2.12. The van der Waals surface area contributed by atoms with Crippen molar-refractivity contribution < 1.29 is 9.72 Å². The van der Waals surface area contributed by atoms with Crippen LogP contribution in [0.5, 0.6) is 0 Å². The topological polar surface area (TPSA) is 65.1 Å². The minimum absolute atomic E-state index is 0.0805. The number of aromatic nitrogens is 1. The van der Waals surface area contributed by atoms with Gasteiger partial charge in [0.25, 0.3) is 5.69 Å². The molecular formula is C15H16N2O3. The molecule has 0 spiro atoms. The first-order valence-electron chi connectivity index (χ1n) is 6.52. The first kappa shape index (κ1) is 14.0. The predicted molar refractivity (Wildman–Crippen MR) is 75.9 cm³/mol. The van der Waals surface area contributed by atoms with Crippen molar-refractivity contribution in [3.05, 3.63) is 64.0 Å². The maximum Gasteiger partial charge on any atom is 0.269 e. The fourth-order valence-electron chi connectivity index (χ4n) is 2.05. The van der Waals surface area contributed by atoms with Gasteiger partial charge in [-0.15, -0.1) is 0 Å². The van der Waals surface area contributed by atoms with E-state index < -0.39 is 4.92 Å². The van der Waals surface area contributed by atoms with Gasteiger partial charge in [0.15, 0.2) is 5.78 Å². The van der Waals surface area contributed by atoms with Gasteiger partial charge in [-0.1, -0.05) is 19.1 Å². The maximum atomic E-state index is 11.8. The van der Waals surface area contributed by atoms with E-state index in [1.165, 1.54) is 6.07 Å². The molecule has 0 saturated carbocycles. The molecule has 1 aromatic heterocycles. The minimum Gasteiger partial charge on any atom is -0.349 e. The molecule has 0 bridgehead atoms. The molecule has 2 rings (SSSR count). The van der Waals surface area contributed by atoms with Gasteiger partial charge in [-0.05, 0) is 18.1 Å². The summed E-state index contributed by atoms with van der Waals surface area (Å²) in [5.74, 6) is 0.130. The van der Waals surface area contributed by atoms with E-state index in [0.29, 0.717) is 18.5 Å². The first-order valence-corrected chi connectivity index (χ1v) is 6.52. The van der Waals surface area contributed by atoms with Crippen LogP contribution in [0.15, 0.2) is 42.7 Å². The van der Waals surface area contributed by atoms with Crippen molar-refractivity contribution in [2.75, 3.05) is 0 Å². The van der Waals surface area contributed by atoms with Crippen molar-refractivity contribution in [1.82, 2.24) is 4.57 Å². The molecule has 0 N–H and O–H groups in total. The SMILES string of the molecule is CCCC(=O)c1ccn(Cc2cccc([N+](=O)[O-])c2)c1. The van der Waals surface area contributed by atoms with E-state index in [4.69, 9.17) is 0 Å². The van der Waals surface area contributed by atoms with E-state index in [0.717, 1.165) is 12.0 Å². The third-order valence-electron chi connectivity index (χ3n) is 3.04. The van der Waals surface area contributed by atoms with Crippen molar-refractivity contribution in [2.24, 2.45) is 0 Å². The molecule has 0 unspecified atom stereocenters. The zero-order chi connectivity index (χ0) is 14.5. The Morgan fingerprint density at radius 1 is 1.35 bits per heavy atom. The molecule has 0 saturated heterocycles. The van der Waals surface area contributed by atoms with Crippen molar-refractivity contribution in [1.29, 1.82) is 0 Å². The molecule has 20 heavy (non-hydrogen) atoms. The number of carbonyl (C=O) groups is 1. The van der Waals surface area contributed by atoms with E-state index in [9.17, 15) is 14.9 Å². The van der Waals surface area contributed by atoms with Crippen LogP contribution in [-0.2, 0) is 6.54 Å². The highest BCUT2D eigenvalue weighted by Gasteiger charge is 2.08. The molecule has 2 aromatic rings. The Morgan fingerprint density at radius 2 is 2.15 bits per heavy atom. The van der Waals surface area contributed by atoms with Gasteiger partial charge in [0, 0.05) is 43.1 Å². The van der Waals surface area contributed by atoms with Gasteiger partial charge in [0.2, 0.25) is 0 Å². The van der Waals surface area contributed by atoms with Gasteiger partial charge >= 0.3 is 0 Å². The highest BCUT2D eigenvalue weighted by Crippen LogP contribution is 2.15. The van der Waals surface area contributed by atoms with Gasteiger partial charge in [-0.2, -0.15) is 0 Å². The van der Waals surface area contributed by atoms with E-state index in [2.05, 4.69) is 0 Å². The van der Waals surface area contributed by atoms with Gasteiger partial charge in [0.1, 0.15) is 0 Å². The largest absolute Gasteiger partial charge is 0.349 e. The molecule has 5 heteroatoms. The summed E-state index contributed by atoms with van der Waals surface area (Å²) in [6.07, 6.45) is 4.98. The molecule has 0 atom stereocenters. The number of Topliss-reactive ketones (excluding diaryl/α,β-unsaturated/α-hetero) is 1. The maximum absolute atomic E-state index is 11.8. The number of nitro benzene ring substituents is 1. The molecule has 0 aliphatic rings. The average molecular weight is 272 g/mol. The van der Waals surface area contributed by atoms with Crippen LogP contribution in [0.3, 0.4) is 0 Å². The van der Waals surface area contributed by atoms with Crippen LogP contribution in [0, 0.1) is 10.1 Å². The Morgan fingerprint density at radius 3 is 2.85 bits per heavy atom. The van der Waals surface area contributed by atoms with Gasteiger partial charge in [-0.25, -0.2) is 0 Å². The lowest BCUT2D eigenvalue weighted by Crippen LogP contribution is -1.99. The van der Waals surface area contributed by atoms with Crippen LogP contribution in [0.25, 0.3) is 0 Å². The summed E-state index contributed by atoms with van der Waals surface area (Å²) in [6, 6.07) is 8.30. The Hall–Kier alpha value is -2.43. The molecule has 0 amide bonds. The summed E-state index contributed by atoms with van der Waals surface area (Å²) in [4.78, 5) is 22.1. The van der Waals surface area contributed by atoms with Crippen LogP contribution >= 0.6 is 0 Å². The highest BCUT2D eigenvalue weighted by molar-refractivity contribution is 5.95. The smallest absolute Gasteiger partial charge is 0.269 e. The molecule has 1 aromatic carbocycles. The number of hydrogen-bond acceptors (Lipinski definition) is 3. The van der Waals surface area contributed by atoms with E-state index in [1.54, 1.807) is 24.4 Å². The standard InChI is InChI=1S/C15H16N2O3/c1-2-4-15(18)13-7-8-16(11-13)10-12-5-3-6-14(9-12)17(19)20/h3,5-9,11H,2,4,10H2,1H3. The lowest BCUT2D eigenvalue weighted by atomic mass is 10.1. The third-order valence-corrected chi connectivity index (χ3v) is 3.04. The quantitative estimate of drug-likeness (QED) is 0.459. The van der Waals surface area contributed by atoms with E-state index >= 15 is 0 Å². The van der Waals surface area contributed by atoms with Crippen LogP contribution < -0.4 is 0 Å². The third kappa shape index (κ3) is 3.32. The summed E-state index contributed by atoms with van der Waals surface area (Å²) in [5.41, 5.74) is 1.61. The van der Waals surface area contributed by atoms with E-state index in [1.807, 2.05) is 23.8 Å². The molecule has 0 aliphatic carbocycles. The number of nitro groups is 1. The Bertz CT molecular complexity index is 632. The summed E-state index contributed by atoms with van der Waals surface area (Å²) < 4.78 is 1.86. The van der Waals surface area contributed by atoms with Crippen molar-refractivity contribution in [3.8, 4) is 0 Å². The van der Waals surface area contributed by atoms with Crippen LogP contribution in [0.1, 0.15) is 35.7 Å². The monoisotopic (exact) mass is 272 g/mol. The van der Waals surface area contributed by atoms with Crippen LogP contribution in [-0.4, -0.2) is 15.3 Å². The van der Waals surface area contributed by atoms with Crippen molar-refractivity contribution in [2.45, 2.75) is 26.3 Å². The summed E-state index contributed by atoms with van der Waals surface area (Å²) in [7, 11) is 0. The van der Waals surface area contributed by atoms with Crippen LogP contribution in [0.4, 0.5) is 5.69 Å². The average Bonchev–Trinajstić information content (AvgIpc) is 2.88. The number of benzene rings is 1. The molecule has 5 nitrogen and oxygen atoms in total. The van der Waals surface area contributed by atoms with Gasteiger partial charge in [-0.3, -0.25) is 14.9 Å². The molecular weight excluding hydrogens is 256 g/mol. The Kier molecular flexibility index (Phi) is 4.30. The number of carbonyl (C=O) groups excluding carboxylic acids is 1. The van der Waals surface area contributed by atoms with E-state index in [-0.39, 0.29) is 11.5 Å². The summed E-state index contributed by atoms with van der Waals surface area (Å²) >= 11 is 0. The Labute approximate surface area is 117 Å². The molecule has 0 radical (unpaired) electrons. The zero-order valence-corrected chi connectivity index (χ0v) is 11.3. The highest BCUT2D eigenvalue weighted by atomic mass is 16.6. The molecule has 0 aliphatic heterocycles. The lowest BCUT2D eigenvalue weighted by Gasteiger charge is -2.03. The number of hydrogen-bond donors (Lipinski definition) is 0. The molecule has 104 valence electrons. The van der Waals surface area contributed by atoms with Crippen LogP contribution in [0.2, 0.25) is 0 Å². The number of non-ortho nitro benzene ring substituents is 1. The number of ketones is 1. The summed E-state index contributed by atoms with van der Waals surface area (Å²) in [6.45, 7) is 2.49. The second-order valence-electron chi connectivity index (χ2n) is 4.67. The van der Waals surface area contributed by atoms with Gasteiger partial charge in [0.05, 0.1) is 4.92 Å². The fraction of sp³-hybridized carbons (Fsp3) is 0.267. The summed E-state index contributed by atoms with van der Waals surface area (Å²) in [5, 5.41) is 10.7. The normalized spacial score (nSPS) is 10.4.